The second kappa shape index (κ2) is 6.94. The van der Waals surface area contributed by atoms with Gasteiger partial charge in [0.15, 0.2) is 5.78 Å². The van der Waals surface area contributed by atoms with Crippen LogP contribution in [-0.4, -0.2) is 49.2 Å². The van der Waals surface area contributed by atoms with Crippen molar-refractivity contribution in [3.63, 3.8) is 0 Å². The van der Waals surface area contributed by atoms with E-state index in [4.69, 9.17) is 9.84 Å². The van der Waals surface area contributed by atoms with Crippen LogP contribution in [0.2, 0.25) is 0 Å². The summed E-state index contributed by atoms with van der Waals surface area (Å²) in [5.74, 6) is -0.685. The van der Waals surface area contributed by atoms with Crippen molar-refractivity contribution in [3.05, 3.63) is 29.8 Å². The zero-order chi connectivity index (χ0) is 15.3. The second-order valence-electron chi connectivity index (χ2n) is 4.47. The summed E-state index contributed by atoms with van der Waals surface area (Å²) in [6.07, 6.45) is -1.23. The van der Waals surface area contributed by atoms with E-state index >= 15 is 0 Å². The molecule has 0 aliphatic rings. The van der Waals surface area contributed by atoms with Crippen molar-refractivity contribution < 1.29 is 28.2 Å². The van der Waals surface area contributed by atoms with E-state index in [0.717, 1.165) is 12.5 Å². The number of aliphatic hydroxyl groups is 2. The van der Waals surface area contributed by atoms with Crippen molar-refractivity contribution in [2.45, 2.75) is 30.3 Å². The van der Waals surface area contributed by atoms with Gasteiger partial charge in [0.2, 0.25) is 15.3 Å². The minimum atomic E-state index is -3.99. The summed E-state index contributed by atoms with van der Waals surface area (Å²) in [4.78, 5) is 11.5. The third-order valence-corrected chi connectivity index (χ3v) is 4.57. The predicted molar refractivity (Wildman–Crippen MR) is 71.9 cm³/mol. The molecule has 6 nitrogen and oxygen atoms in total. The van der Waals surface area contributed by atoms with Crippen LogP contribution in [0, 0.1) is 6.92 Å². The average Bonchev–Trinajstić information content (AvgIpc) is 2.38. The number of aliphatic hydroxyl groups excluding tert-OH is 2. The first-order valence-electron chi connectivity index (χ1n) is 6.00. The molecule has 7 heteroatoms. The number of carbonyl (C=O) groups excluding carboxylic acids is 1. The molecule has 0 saturated carbocycles. The predicted octanol–water partition coefficient (Wildman–Crippen LogP) is 0.0536. The number of Topliss-reactive ketones (excluding diaryl/α,β-unsaturated/α-hetero) is 1. The van der Waals surface area contributed by atoms with Crippen LogP contribution >= 0.6 is 0 Å². The maximum Gasteiger partial charge on any atom is 0.221 e. The van der Waals surface area contributed by atoms with Crippen LogP contribution in [0.4, 0.5) is 0 Å². The third kappa shape index (κ3) is 4.11. The summed E-state index contributed by atoms with van der Waals surface area (Å²) in [6, 6.07) is 6.03. The van der Waals surface area contributed by atoms with Crippen molar-refractivity contribution in [2.24, 2.45) is 0 Å². The standard InChI is InChI=1S/C13H18O6S/c1-9-3-5-12(6-4-9)20(17,18)13(10(2)15)19-8-11(16)7-14/h3-6,11,13-14,16H,7-8H2,1-2H3/t11?,13-/m1/s1. The van der Waals surface area contributed by atoms with E-state index in [-0.39, 0.29) is 4.90 Å². The molecule has 0 radical (unpaired) electrons. The van der Waals surface area contributed by atoms with E-state index in [0.29, 0.717) is 0 Å². The van der Waals surface area contributed by atoms with E-state index in [9.17, 15) is 18.3 Å². The Morgan fingerprint density at radius 2 is 1.85 bits per heavy atom. The van der Waals surface area contributed by atoms with Crippen molar-refractivity contribution in [3.8, 4) is 0 Å². The van der Waals surface area contributed by atoms with Crippen molar-refractivity contribution >= 4 is 15.6 Å². The molecule has 0 spiro atoms. The van der Waals surface area contributed by atoms with Gasteiger partial charge in [-0.25, -0.2) is 8.42 Å². The Hall–Kier alpha value is -1.28. The molecule has 0 aromatic heterocycles. The van der Waals surface area contributed by atoms with Crippen LogP contribution in [0.15, 0.2) is 29.2 Å². The zero-order valence-electron chi connectivity index (χ0n) is 11.3. The lowest BCUT2D eigenvalue weighted by molar-refractivity contribution is -0.125. The van der Waals surface area contributed by atoms with Gasteiger partial charge in [-0.2, -0.15) is 0 Å². The second-order valence-corrected chi connectivity index (χ2v) is 6.46. The van der Waals surface area contributed by atoms with E-state index < -0.39 is 40.4 Å². The third-order valence-electron chi connectivity index (χ3n) is 2.61. The number of aryl methyl sites for hydroxylation is 1. The summed E-state index contributed by atoms with van der Waals surface area (Å²) < 4.78 is 29.6. The Bertz CT molecular complexity index is 549. The SMILES string of the molecule is CC(=O)[C@H](OCC(O)CO)S(=O)(=O)c1ccc(C)cc1. The minimum Gasteiger partial charge on any atom is -0.394 e. The maximum atomic E-state index is 12.3. The van der Waals surface area contributed by atoms with E-state index in [1.165, 1.54) is 12.1 Å². The van der Waals surface area contributed by atoms with Crippen molar-refractivity contribution in [2.75, 3.05) is 13.2 Å². The minimum absolute atomic E-state index is 0.0261. The number of benzene rings is 1. The number of hydrogen-bond acceptors (Lipinski definition) is 6. The molecule has 0 fully saturated rings. The van der Waals surface area contributed by atoms with Gasteiger partial charge in [-0.15, -0.1) is 0 Å². The molecular weight excluding hydrogens is 284 g/mol. The monoisotopic (exact) mass is 302 g/mol. The van der Waals surface area contributed by atoms with Gasteiger partial charge in [0, 0.05) is 0 Å². The molecule has 0 saturated heterocycles. The number of ketones is 1. The summed E-state index contributed by atoms with van der Waals surface area (Å²) in [7, 11) is -3.99. The van der Waals surface area contributed by atoms with Crippen LogP contribution in [-0.2, 0) is 19.4 Å². The molecule has 1 rings (SSSR count). The van der Waals surface area contributed by atoms with E-state index in [2.05, 4.69) is 0 Å². The van der Waals surface area contributed by atoms with Crippen LogP contribution in [0.3, 0.4) is 0 Å². The smallest absolute Gasteiger partial charge is 0.221 e. The largest absolute Gasteiger partial charge is 0.394 e. The fourth-order valence-corrected chi connectivity index (χ4v) is 2.99. The molecular formula is C13H18O6S. The highest BCUT2D eigenvalue weighted by atomic mass is 32.2. The van der Waals surface area contributed by atoms with Crippen molar-refractivity contribution in [1.82, 2.24) is 0 Å². The summed E-state index contributed by atoms with van der Waals surface area (Å²) in [6.45, 7) is 1.90. The number of sulfone groups is 1. The van der Waals surface area contributed by atoms with E-state index in [1.54, 1.807) is 12.1 Å². The van der Waals surface area contributed by atoms with Gasteiger partial charge >= 0.3 is 0 Å². The van der Waals surface area contributed by atoms with Gasteiger partial charge in [0.05, 0.1) is 18.1 Å². The molecule has 2 N–H and O–H groups in total. The maximum absolute atomic E-state index is 12.3. The lowest BCUT2D eigenvalue weighted by Crippen LogP contribution is -2.35. The Kier molecular flexibility index (Phi) is 5.82. The fourth-order valence-electron chi connectivity index (χ4n) is 1.53. The van der Waals surface area contributed by atoms with Gasteiger partial charge in [-0.1, -0.05) is 17.7 Å². The summed E-state index contributed by atoms with van der Waals surface area (Å²) in [5.41, 5.74) is -0.800. The van der Waals surface area contributed by atoms with Crippen LogP contribution in [0.5, 0.6) is 0 Å². The zero-order valence-corrected chi connectivity index (χ0v) is 12.1. The topological polar surface area (TPSA) is 101 Å². The Morgan fingerprint density at radius 3 is 2.30 bits per heavy atom. The van der Waals surface area contributed by atoms with Gasteiger partial charge < -0.3 is 14.9 Å². The van der Waals surface area contributed by atoms with Crippen LogP contribution < -0.4 is 0 Å². The number of ether oxygens (including phenoxy) is 1. The lowest BCUT2D eigenvalue weighted by Gasteiger charge is -2.17. The molecule has 0 aliphatic heterocycles. The van der Waals surface area contributed by atoms with Crippen LogP contribution in [0.1, 0.15) is 12.5 Å². The molecule has 0 amide bonds. The number of hydrogen-bond donors (Lipinski definition) is 2. The molecule has 20 heavy (non-hydrogen) atoms. The Balaban J connectivity index is 3.00. The summed E-state index contributed by atoms with van der Waals surface area (Å²) >= 11 is 0. The number of carbonyl (C=O) groups is 1. The first-order chi connectivity index (χ1) is 9.28. The highest BCUT2D eigenvalue weighted by Gasteiger charge is 2.32. The Labute approximate surface area is 117 Å². The molecule has 1 aromatic rings. The first kappa shape index (κ1) is 16.8. The quantitative estimate of drug-likeness (QED) is 0.738. The van der Waals surface area contributed by atoms with Gasteiger partial charge in [-0.3, -0.25) is 4.79 Å². The lowest BCUT2D eigenvalue weighted by atomic mass is 10.2. The molecule has 0 heterocycles. The van der Waals surface area contributed by atoms with Gasteiger partial charge in [-0.05, 0) is 26.0 Å². The fraction of sp³-hybridized carbons (Fsp3) is 0.462. The molecule has 1 unspecified atom stereocenters. The highest BCUT2D eigenvalue weighted by molar-refractivity contribution is 7.92. The van der Waals surface area contributed by atoms with Gasteiger partial charge in [0.1, 0.15) is 6.10 Å². The molecule has 1 aromatic carbocycles. The molecule has 112 valence electrons. The van der Waals surface area contributed by atoms with Gasteiger partial charge in [0.25, 0.3) is 0 Å². The van der Waals surface area contributed by atoms with Crippen LogP contribution in [0.25, 0.3) is 0 Å². The highest BCUT2D eigenvalue weighted by Crippen LogP contribution is 2.18. The first-order valence-corrected chi connectivity index (χ1v) is 7.55. The Morgan fingerprint density at radius 1 is 1.30 bits per heavy atom. The molecule has 2 atom stereocenters. The molecule has 0 bridgehead atoms. The normalized spacial score (nSPS) is 14.8. The molecule has 0 aliphatic carbocycles. The summed E-state index contributed by atoms with van der Waals surface area (Å²) in [5, 5.41) is 17.9. The average molecular weight is 302 g/mol. The van der Waals surface area contributed by atoms with E-state index in [1.807, 2.05) is 6.92 Å². The number of rotatable bonds is 7. The van der Waals surface area contributed by atoms with Crippen molar-refractivity contribution in [1.29, 1.82) is 0 Å².